The van der Waals surface area contributed by atoms with Crippen LogP contribution in [-0.2, 0) is 12.7 Å². The third kappa shape index (κ3) is 4.47. The number of aromatic nitrogens is 4. The molecule has 0 saturated heterocycles. The lowest BCUT2D eigenvalue weighted by atomic mass is 10.1. The first-order chi connectivity index (χ1) is 17.7. The number of hydrogen-bond acceptors (Lipinski definition) is 7. The molecule has 12 heteroatoms. The van der Waals surface area contributed by atoms with Crippen LogP contribution in [0, 0.1) is 0 Å². The minimum Gasteiger partial charge on any atom is -0.494 e. The summed E-state index contributed by atoms with van der Waals surface area (Å²) >= 11 is 0. The molecule has 0 fully saturated rings. The highest BCUT2D eigenvalue weighted by Crippen LogP contribution is 2.37. The van der Waals surface area contributed by atoms with Crippen molar-refractivity contribution >= 4 is 27.7 Å². The maximum atomic E-state index is 13.3. The fraction of sp³-hybridized carbons (Fsp3) is 0.200. The summed E-state index contributed by atoms with van der Waals surface area (Å²) in [6.45, 7) is 1.78. The van der Waals surface area contributed by atoms with Gasteiger partial charge in [-0.15, -0.1) is 0 Å². The van der Waals surface area contributed by atoms with Gasteiger partial charge in [-0.05, 0) is 37.3 Å². The Morgan fingerprint density at radius 3 is 2.65 bits per heavy atom. The SMILES string of the molecule is COc1ccc(-c2nc(C(=O)NCc3[nH]nc4ccccc34)c([C@H](C)N)o2)c2ccc(C(F)(F)F)nc12. The molecular weight excluding hydrogens is 489 g/mol. The van der Waals surface area contributed by atoms with Gasteiger partial charge in [-0.25, -0.2) is 9.97 Å². The minimum absolute atomic E-state index is 0.0126. The van der Waals surface area contributed by atoms with Gasteiger partial charge in [-0.1, -0.05) is 18.2 Å². The number of benzene rings is 2. The Morgan fingerprint density at radius 1 is 1.14 bits per heavy atom. The third-order valence-electron chi connectivity index (χ3n) is 5.81. The number of carbonyl (C=O) groups is 1. The van der Waals surface area contributed by atoms with Crippen molar-refractivity contribution in [1.82, 2.24) is 25.5 Å². The number of pyridine rings is 1. The van der Waals surface area contributed by atoms with Gasteiger partial charge in [0, 0.05) is 16.3 Å². The molecule has 5 aromatic rings. The Kier molecular flexibility index (Phi) is 6.04. The number of nitrogens with one attached hydrogen (secondary N) is 2. The second-order valence-corrected chi connectivity index (χ2v) is 8.33. The van der Waals surface area contributed by atoms with E-state index in [9.17, 15) is 18.0 Å². The molecule has 5 rings (SSSR count). The molecule has 1 amide bonds. The van der Waals surface area contributed by atoms with Crippen molar-refractivity contribution in [2.75, 3.05) is 7.11 Å². The molecular formula is C25H21F3N6O3. The molecule has 3 aromatic heterocycles. The molecule has 4 N–H and O–H groups in total. The lowest BCUT2D eigenvalue weighted by Crippen LogP contribution is -2.25. The van der Waals surface area contributed by atoms with E-state index in [0.29, 0.717) is 16.6 Å². The number of para-hydroxylation sites is 1. The maximum Gasteiger partial charge on any atom is 0.433 e. The van der Waals surface area contributed by atoms with Crippen LogP contribution < -0.4 is 15.8 Å². The Balaban J connectivity index is 1.52. The standard InChI is InChI=1S/C25H21F3N6O3/c1-12(29)22-21(23(35)30-11-17-15-5-3-4-6-16(15)33-34-17)32-24(37-22)14-7-9-18(36-2)20-13(14)8-10-19(31-20)25(26,27)28/h3-10,12H,11,29H2,1-2H3,(H,30,35)(H,33,34)/t12-/m0/s1. The van der Waals surface area contributed by atoms with Gasteiger partial charge in [0.15, 0.2) is 11.5 Å². The third-order valence-corrected chi connectivity index (χ3v) is 5.81. The predicted molar refractivity (Wildman–Crippen MR) is 129 cm³/mol. The summed E-state index contributed by atoms with van der Waals surface area (Å²) in [5.74, 6) is -0.241. The number of alkyl halides is 3. The summed E-state index contributed by atoms with van der Waals surface area (Å²) in [7, 11) is 1.33. The Bertz CT molecular complexity index is 1620. The number of nitrogens with two attached hydrogens (primary N) is 1. The summed E-state index contributed by atoms with van der Waals surface area (Å²) in [4.78, 5) is 21.2. The van der Waals surface area contributed by atoms with Crippen LogP contribution >= 0.6 is 0 Å². The Morgan fingerprint density at radius 2 is 1.92 bits per heavy atom. The van der Waals surface area contributed by atoms with Gasteiger partial charge in [0.2, 0.25) is 5.89 Å². The monoisotopic (exact) mass is 510 g/mol. The molecule has 0 spiro atoms. The van der Waals surface area contributed by atoms with Gasteiger partial charge in [-0.2, -0.15) is 18.3 Å². The highest BCUT2D eigenvalue weighted by atomic mass is 19.4. The quantitative estimate of drug-likeness (QED) is 0.301. The molecule has 2 aromatic carbocycles. The lowest BCUT2D eigenvalue weighted by Gasteiger charge is -2.11. The van der Waals surface area contributed by atoms with Gasteiger partial charge >= 0.3 is 6.18 Å². The van der Waals surface area contributed by atoms with Crippen LogP contribution in [0.25, 0.3) is 33.3 Å². The summed E-state index contributed by atoms with van der Waals surface area (Å²) in [5.41, 5.74) is 6.74. The summed E-state index contributed by atoms with van der Waals surface area (Å²) in [6.07, 6.45) is -4.63. The normalized spacial score (nSPS) is 12.7. The van der Waals surface area contributed by atoms with E-state index in [1.54, 1.807) is 13.0 Å². The molecule has 190 valence electrons. The first kappa shape index (κ1) is 24.3. The average molecular weight is 510 g/mol. The number of fused-ring (bicyclic) bond motifs is 2. The van der Waals surface area contributed by atoms with E-state index in [-0.39, 0.29) is 35.2 Å². The zero-order valence-electron chi connectivity index (χ0n) is 19.7. The van der Waals surface area contributed by atoms with Crippen LogP contribution in [0.2, 0.25) is 0 Å². The molecule has 0 aliphatic rings. The van der Waals surface area contributed by atoms with Gasteiger partial charge in [-0.3, -0.25) is 9.89 Å². The molecule has 0 bridgehead atoms. The fourth-order valence-corrected chi connectivity index (χ4v) is 4.02. The summed E-state index contributed by atoms with van der Waals surface area (Å²) < 4.78 is 50.9. The Hall–Kier alpha value is -4.45. The van der Waals surface area contributed by atoms with E-state index >= 15 is 0 Å². The molecule has 9 nitrogen and oxygen atoms in total. The number of ether oxygens (including phenoxy) is 1. The van der Waals surface area contributed by atoms with Gasteiger partial charge in [0.05, 0.1) is 30.9 Å². The van der Waals surface area contributed by atoms with Crippen molar-refractivity contribution in [2.45, 2.75) is 25.7 Å². The lowest BCUT2D eigenvalue weighted by molar-refractivity contribution is -0.140. The summed E-state index contributed by atoms with van der Waals surface area (Å²) in [5, 5.41) is 11.1. The average Bonchev–Trinajstić information content (AvgIpc) is 3.51. The van der Waals surface area contributed by atoms with Gasteiger partial charge in [0.1, 0.15) is 17.0 Å². The molecule has 3 heterocycles. The number of oxazole rings is 1. The first-order valence-electron chi connectivity index (χ1n) is 11.2. The number of nitrogens with zero attached hydrogens (tertiary/aromatic N) is 3. The number of amides is 1. The molecule has 0 aliphatic carbocycles. The second-order valence-electron chi connectivity index (χ2n) is 8.33. The number of halogens is 3. The molecule has 0 radical (unpaired) electrons. The largest absolute Gasteiger partial charge is 0.494 e. The number of hydrogen-bond donors (Lipinski definition) is 3. The van der Waals surface area contributed by atoms with Crippen molar-refractivity contribution < 1.29 is 27.1 Å². The van der Waals surface area contributed by atoms with Crippen molar-refractivity contribution in [1.29, 1.82) is 0 Å². The molecule has 1 atom stereocenters. The van der Waals surface area contributed by atoms with E-state index in [1.807, 2.05) is 24.3 Å². The zero-order valence-corrected chi connectivity index (χ0v) is 19.7. The van der Waals surface area contributed by atoms with Crippen molar-refractivity contribution in [2.24, 2.45) is 5.73 Å². The van der Waals surface area contributed by atoms with Crippen LogP contribution in [0.5, 0.6) is 5.75 Å². The van der Waals surface area contributed by atoms with Crippen LogP contribution in [0.15, 0.2) is 52.9 Å². The maximum absolute atomic E-state index is 13.3. The van der Waals surface area contributed by atoms with Crippen LogP contribution in [0.3, 0.4) is 0 Å². The van der Waals surface area contributed by atoms with E-state index in [2.05, 4.69) is 25.5 Å². The molecule has 37 heavy (non-hydrogen) atoms. The number of H-pyrrole nitrogens is 1. The van der Waals surface area contributed by atoms with Crippen LogP contribution in [0.1, 0.15) is 40.6 Å². The van der Waals surface area contributed by atoms with Crippen molar-refractivity contribution in [3.63, 3.8) is 0 Å². The Labute approximate surface area is 207 Å². The topological polar surface area (TPSA) is 132 Å². The van der Waals surface area contributed by atoms with Crippen LogP contribution in [-0.4, -0.2) is 33.2 Å². The summed E-state index contributed by atoms with van der Waals surface area (Å²) in [6, 6.07) is 11.9. The highest BCUT2D eigenvalue weighted by molar-refractivity contribution is 5.98. The minimum atomic E-state index is -4.63. The van der Waals surface area contributed by atoms with E-state index in [4.69, 9.17) is 14.9 Å². The van der Waals surface area contributed by atoms with Gasteiger partial charge in [0.25, 0.3) is 5.91 Å². The van der Waals surface area contributed by atoms with Gasteiger partial charge < -0.3 is 20.2 Å². The van der Waals surface area contributed by atoms with E-state index < -0.39 is 23.8 Å². The zero-order chi connectivity index (χ0) is 26.3. The number of aromatic amines is 1. The number of rotatable bonds is 6. The molecule has 0 unspecified atom stereocenters. The number of methoxy groups -OCH3 is 1. The van der Waals surface area contributed by atoms with Crippen molar-refractivity contribution in [3.8, 4) is 17.2 Å². The molecule has 0 saturated carbocycles. The van der Waals surface area contributed by atoms with E-state index in [0.717, 1.165) is 17.0 Å². The fourth-order valence-electron chi connectivity index (χ4n) is 4.02. The smallest absolute Gasteiger partial charge is 0.433 e. The first-order valence-corrected chi connectivity index (χ1v) is 11.2. The van der Waals surface area contributed by atoms with Crippen molar-refractivity contribution in [3.05, 3.63) is 71.4 Å². The second kappa shape index (κ2) is 9.21. The van der Waals surface area contributed by atoms with Crippen LogP contribution in [0.4, 0.5) is 13.2 Å². The van der Waals surface area contributed by atoms with E-state index in [1.165, 1.54) is 19.2 Å². The highest BCUT2D eigenvalue weighted by Gasteiger charge is 2.33. The molecule has 0 aliphatic heterocycles. The number of carbonyl (C=O) groups excluding carboxylic acids is 1. The predicted octanol–water partition coefficient (Wildman–Crippen LogP) is 4.74.